The molecule has 0 saturated heterocycles. The molecule has 7 heteroatoms. The molecule has 2 aromatic carbocycles. The van der Waals surface area contributed by atoms with Gasteiger partial charge in [0.05, 0.1) is 0 Å². The summed E-state index contributed by atoms with van der Waals surface area (Å²) in [5, 5.41) is 6.07. The molecule has 142 valence electrons. The molecule has 0 fully saturated rings. The average Bonchev–Trinajstić information content (AvgIpc) is 3.12. The van der Waals surface area contributed by atoms with Crippen LogP contribution >= 0.6 is 0 Å². The highest BCUT2D eigenvalue weighted by molar-refractivity contribution is 6.03. The van der Waals surface area contributed by atoms with Crippen LogP contribution < -0.4 is 20.1 Å². The highest BCUT2D eigenvalue weighted by Gasteiger charge is 2.16. The molecule has 0 saturated carbocycles. The number of benzene rings is 2. The second kappa shape index (κ2) is 7.19. The van der Waals surface area contributed by atoms with Gasteiger partial charge >= 0.3 is 0 Å². The van der Waals surface area contributed by atoms with Crippen LogP contribution in [0.4, 0.5) is 17.2 Å². The number of ether oxygens (including phenoxy) is 2. The van der Waals surface area contributed by atoms with Crippen molar-refractivity contribution in [3.05, 3.63) is 65.1 Å². The number of fused-ring (bicyclic) bond motifs is 1. The van der Waals surface area contributed by atoms with Crippen LogP contribution in [0.2, 0.25) is 0 Å². The van der Waals surface area contributed by atoms with Crippen LogP contribution in [-0.2, 0) is 0 Å². The van der Waals surface area contributed by atoms with E-state index in [0.29, 0.717) is 28.8 Å². The summed E-state index contributed by atoms with van der Waals surface area (Å²) in [7, 11) is 0. The van der Waals surface area contributed by atoms with Crippen LogP contribution in [0.5, 0.6) is 11.5 Å². The predicted molar refractivity (Wildman–Crippen MR) is 106 cm³/mol. The van der Waals surface area contributed by atoms with Crippen molar-refractivity contribution in [2.24, 2.45) is 0 Å². The van der Waals surface area contributed by atoms with E-state index in [1.165, 1.54) is 11.1 Å². The van der Waals surface area contributed by atoms with Crippen LogP contribution in [0.25, 0.3) is 0 Å². The third kappa shape index (κ3) is 3.73. The summed E-state index contributed by atoms with van der Waals surface area (Å²) in [6, 6.07) is 12.9. The molecule has 0 aliphatic carbocycles. The van der Waals surface area contributed by atoms with E-state index in [9.17, 15) is 4.79 Å². The molecular formula is C21H20N4O3. The molecule has 1 amide bonds. The lowest BCUT2D eigenvalue weighted by Gasteiger charge is -2.11. The first-order chi connectivity index (χ1) is 13.5. The zero-order chi connectivity index (χ0) is 19.7. The number of nitrogens with one attached hydrogen (secondary N) is 2. The van der Waals surface area contributed by atoms with Gasteiger partial charge in [0.25, 0.3) is 5.91 Å². The highest BCUT2D eigenvalue weighted by Crippen LogP contribution is 2.34. The van der Waals surface area contributed by atoms with Crippen LogP contribution in [-0.4, -0.2) is 22.7 Å². The van der Waals surface area contributed by atoms with Gasteiger partial charge in [-0.2, -0.15) is 0 Å². The van der Waals surface area contributed by atoms with Crippen molar-refractivity contribution in [3.63, 3.8) is 0 Å². The maximum Gasteiger partial charge on any atom is 0.274 e. The summed E-state index contributed by atoms with van der Waals surface area (Å²) in [6.45, 7) is 6.05. The molecule has 0 bridgehead atoms. The van der Waals surface area contributed by atoms with Gasteiger partial charge in [0.15, 0.2) is 11.5 Å². The SMILES string of the molecule is Cc1nc(Nc2ccc(C)c(C)c2)cc(C(=O)Nc2ccc3c(c2)OCO3)n1. The fraction of sp³-hybridized carbons (Fsp3) is 0.190. The Morgan fingerprint density at radius 2 is 1.68 bits per heavy atom. The Balaban J connectivity index is 1.54. The van der Waals surface area contributed by atoms with Crippen molar-refractivity contribution < 1.29 is 14.3 Å². The minimum absolute atomic E-state index is 0.186. The number of hydrogen-bond acceptors (Lipinski definition) is 6. The Kier molecular flexibility index (Phi) is 4.57. The van der Waals surface area contributed by atoms with Crippen molar-refractivity contribution in [2.45, 2.75) is 20.8 Å². The Labute approximate surface area is 162 Å². The van der Waals surface area contributed by atoms with Gasteiger partial charge in [-0.15, -0.1) is 0 Å². The second-order valence-corrected chi connectivity index (χ2v) is 6.63. The van der Waals surface area contributed by atoms with Crippen LogP contribution in [0.3, 0.4) is 0 Å². The first-order valence-electron chi connectivity index (χ1n) is 8.89. The molecule has 4 rings (SSSR count). The fourth-order valence-electron chi connectivity index (χ4n) is 2.88. The average molecular weight is 376 g/mol. The summed E-state index contributed by atoms with van der Waals surface area (Å²) in [5.74, 6) is 2.01. The predicted octanol–water partition coefficient (Wildman–Crippen LogP) is 4.13. The number of carbonyl (C=O) groups excluding carboxylic acids is 1. The van der Waals surface area contributed by atoms with Crippen molar-refractivity contribution in [1.82, 2.24) is 9.97 Å². The molecule has 0 radical (unpaired) electrons. The minimum atomic E-state index is -0.326. The molecule has 1 aliphatic rings. The topological polar surface area (TPSA) is 85.4 Å². The highest BCUT2D eigenvalue weighted by atomic mass is 16.7. The molecule has 1 aliphatic heterocycles. The van der Waals surface area contributed by atoms with Gasteiger partial charge in [0, 0.05) is 23.5 Å². The summed E-state index contributed by atoms with van der Waals surface area (Å²) in [5.41, 5.74) is 4.18. The monoisotopic (exact) mass is 376 g/mol. The number of aryl methyl sites for hydroxylation is 3. The summed E-state index contributed by atoms with van der Waals surface area (Å²) in [4.78, 5) is 21.3. The van der Waals surface area contributed by atoms with E-state index in [1.54, 1.807) is 31.2 Å². The maximum atomic E-state index is 12.7. The van der Waals surface area contributed by atoms with Gasteiger partial charge in [-0.25, -0.2) is 9.97 Å². The van der Waals surface area contributed by atoms with Crippen LogP contribution in [0.15, 0.2) is 42.5 Å². The minimum Gasteiger partial charge on any atom is -0.454 e. The van der Waals surface area contributed by atoms with E-state index in [1.807, 2.05) is 18.2 Å². The smallest absolute Gasteiger partial charge is 0.274 e. The Hall–Kier alpha value is -3.61. The molecule has 1 aromatic heterocycles. The number of aromatic nitrogens is 2. The van der Waals surface area contributed by atoms with Crippen molar-refractivity contribution in [1.29, 1.82) is 0 Å². The van der Waals surface area contributed by atoms with Gasteiger partial charge in [-0.1, -0.05) is 6.07 Å². The summed E-state index contributed by atoms with van der Waals surface area (Å²) >= 11 is 0. The zero-order valence-electron chi connectivity index (χ0n) is 15.9. The molecule has 7 nitrogen and oxygen atoms in total. The van der Waals surface area contributed by atoms with E-state index in [2.05, 4.69) is 34.4 Å². The summed E-state index contributed by atoms with van der Waals surface area (Å²) in [6.07, 6.45) is 0. The van der Waals surface area contributed by atoms with E-state index >= 15 is 0 Å². The lowest BCUT2D eigenvalue weighted by Crippen LogP contribution is -2.15. The molecule has 0 atom stereocenters. The Bertz CT molecular complexity index is 1070. The first kappa shape index (κ1) is 17.8. The van der Waals surface area contributed by atoms with Crippen LogP contribution in [0, 0.1) is 20.8 Å². The van der Waals surface area contributed by atoms with Gasteiger partial charge in [-0.05, 0) is 56.2 Å². The fourth-order valence-corrected chi connectivity index (χ4v) is 2.88. The van der Waals surface area contributed by atoms with Gasteiger partial charge < -0.3 is 20.1 Å². The van der Waals surface area contributed by atoms with Crippen molar-refractivity contribution in [2.75, 3.05) is 17.4 Å². The lowest BCUT2D eigenvalue weighted by molar-refractivity contribution is 0.102. The molecule has 0 unspecified atom stereocenters. The molecule has 0 spiro atoms. The van der Waals surface area contributed by atoms with Gasteiger partial charge in [0.1, 0.15) is 17.3 Å². The van der Waals surface area contributed by atoms with Crippen molar-refractivity contribution in [3.8, 4) is 11.5 Å². The Morgan fingerprint density at radius 3 is 2.50 bits per heavy atom. The number of amides is 1. The second-order valence-electron chi connectivity index (χ2n) is 6.63. The third-order valence-electron chi connectivity index (χ3n) is 4.48. The number of hydrogen-bond donors (Lipinski definition) is 2. The molecule has 2 heterocycles. The van der Waals surface area contributed by atoms with E-state index < -0.39 is 0 Å². The molecule has 2 N–H and O–H groups in total. The first-order valence-corrected chi connectivity index (χ1v) is 8.89. The standard InChI is InChI=1S/C21H20N4O3/c1-12-4-5-15(8-13(12)2)24-20-10-17(22-14(3)23-20)21(26)25-16-6-7-18-19(9-16)28-11-27-18/h4-10H,11H2,1-3H3,(H,25,26)(H,22,23,24). The number of rotatable bonds is 4. The maximum absolute atomic E-state index is 12.7. The number of nitrogens with zero attached hydrogens (tertiary/aromatic N) is 2. The number of carbonyl (C=O) groups is 1. The quantitative estimate of drug-likeness (QED) is 0.712. The molecular weight excluding hydrogens is 356 g/mol. The summed E-state index contributed by atoms with van der Waals surface area (Å²) < 4.78 is 10.6. The van der Waals surface area contributed by atoms with E-state index in [4.69, 9.17) is 9.47 Å². The number of anilines is 3. The largest absolute Gasteiger partial charge is 0.454 e. The molecule has 28 heavy (non-hydrogen) atoms. The third-order valence-corrected chi connectivity index (χ3v) is 4.48. The van der Waals surface area contributed by atoms with Gasteiger partial charge in [0.2, 0.25) is 6.79 Å². The van der Waals surface area contributed by atoms with E-state index in [0.717, 1.165) is 5.69 Å². The zero-order valence-corrected chi connectivity index (χ0v) is 15.9. The van der Waals surface area contributed by atoms with E-state index in [-0.39, 0.29) is 18.4 Å². The normalized spacial score (nSPS) is 12.0. The molecule has 3 aromatic rings. The van der Waals surface area contributed by atoms with Crippen LogP contribution in [0.1, 0.15) is 27.4 Å². The van der Waals surface area contributed by atoms with Gasteiger partial charge in [-0.3, -0.25) is 4.79 Å². The lowest BCUT2D eigenvalue weighted by atomic mass is 10.1. The van der Waals surface area contributed by atoms with Crippen molar-refractivity contribution >= 4 is 23.1 Å². The Morgan fingerprint density at radius 1 is 0.893 bits per heavy atom.